The second kappa shape index (κ2) is 4.22. The largest absolute Gasteiger partial charge is 0.492 e. The van der Waals surface area contributed by atoms with E-state index in [1.165, 1.54) is 18.2 Å². The summed E-state index contributed by atoms with van der Waals surface area (Å²) in [6.45, 7) is 0.267. The number of fused-ring (bicyclic) bond motifs is 1. The number of hydrogen-bond donors (Lipinski definition) is 0. The number of Topliss-reactive ketones (excluding diaryl/α,β-unsaturated/α-hetero) is 1. The molecule has 0 fully saturated rings. The molecule has 0 bridgehead atoms. The van der Waals surface area contributed by atoms with Crippen LogP contribution in [0.2, 0.25) is 0 Å². The van der Waals surface area contributed by atoms with Crippen molar-refractivity contribution >= 4 is 5.78 Å². The first-order valence-corrected chi connectivity index (χ1v) is 5.62. The van der Waals surface area contributed by atoms with E-state index in [0.29, 0.717) is 11.3 Å². The topological polar surface area (TPSA) is 39.2 Å². The maximum Gasteiger partial charge on any atom is 0.177 e. The third-order valence-electron chi connectivity index (χ3n) is 3.02. The standard InChI is InChI=1S/C14H10FNO2/c15-10-3-4-13-11(6-10)14(17)12(8-18-13)9-2-1-5-16-7-9/h1-7,12H,8H2/t12-/m1/s1. The Bertz CT molecular complexity index is 598. The van der Waals surface area contributed by atoms with Crippen molar-refractivity contribution in [1.82, 2.24) is 4.98 Å². The average molecular weight is 243 g/mol. The molecule has 18 heavy (non-hydrogen) atoms. The third-order valence-corrected chi connectivity index (χ3v) is 3.02. The first kappa shape index (κ1) is 10.9. The Hall–Kier alpha value is -2.23. The van der Waals surface area contributed by atoms with Crippen molar-refractivity contribution in [2.24, 2.45) is 0 Å². The van der Waals surface area contributed by atoms with Crippen molar-refractivity contribution in [3.05, 3.63) is 59.7 Å². The number of halogens is 1. The molecular formula is C14H10FNO2. The van der Waals surface area contributed by atoms with E-state index in [1.807, 2.05) is 6.07 Å². The van der Waals surface area contributed by atoms with Gasteiger partial charge in [-0.3, -0.25) is 9.78 Å². The van der Waals surface area contributed by atoms with E-state index in [4.69, 9.17) is 4.74 Å². The lowest BCUT2D eigenvalue weighted by atomic mass is 9.90. The average Bonchev–Trinajstić information content (AvgIpc) is 2.41. The van der Waals surface area contributed by atoms with Crippen LogP contribution in [-0.2, 0) is 0 Å². The highest BCUT2D eigenvalue weighted by Crippen LogP contribution is 2.32. The molecule has 0 N–H and O–H groups in total. The molecule has 1 aromatic carbocycles. The molecule has 3 rings (SSSR count). The minimum Gasteiger partial charge on any atom is -0.492 e. The summed E-state index contributed by atoms with van der Waals surface area (Å²) in [5.41, 5.74) is 1.09. The quantitative estimate of drug-likeness (QED) is 0.772. The van der Waals surface area contributed by atoms with Crippen LogP contribution in [0.3, 0.4) is 0 Å². The monoisotopic (exact) mass is 243 g/mol. The molecule has 1 aromatic heterocycles. The van der Waals surface area contributed by atoms with Gasteiger partial charge in [-0.15, -0.1) is 0 Å². The fraction of sp³-hybridized carbons (Fsp3) is 0.143. The van der Waals surface area contributed by atoms with Gasteiger partial charge in [0.1, 0.15) is 18.2 Å². The first-order chi connectivity index (χ1) is 8.75. The van der Waals surface area contributed by atoms with Crippen LogP contribution in [0.1, 0.15) is 21.8 Å². The molecule has 1 aliphatic rings. The summed E-state index contributed by atoms with van der Waals surface area (Å²) in [5, 5.41) is 0. The van der Waals surface area contributed by atoms with Crippen molar-refractivity contribution in [3.63, 3.8) is 0 Å². The molecule has 0 saturated carbocycles. The van der Waals surface area contributed by atoms with E-state index in [-0.39, 0.29) is 12.4 Å². The van der Waals surface area contributed by atoms with Crippen LogP contribution < -0.4 is 4.74 Å². The molecule has 1 atom stereocenters. The van der Waals surface area contributed by atoms with Gasteiger partial charge in [0.25, 0.3) is 0 Å². The zero-order chi connectivity index (χ0) is 12.5. The molecule has 1 aliphatic heterocycles. The second-order valence-electron chi connectivity index (χ2n) is 4.15. The number of hydrogen-bond acceptors (Lipinski definition) is 3. The molecule has 4 heteroatoms. The zero-order valence-electron chi connectivity index (χ0n) is 9.47. The highest BCUT2D eigenvalue weighted by Gasteiger charge is 2.30. The van der Waals surface area contributed by atoms with Gasteiger partial charge < -0.3 is 4.74 Å². The summed E-state index contributed by atoms with van der Waals surface area (Å²) in [5.74, 6) is -0.518. The van der Waals surface area contributed by atoms with Crippen LogP contribution in [0.5, 0.6) is 5.75 Å². The number of nitrogens with zero attached hydrogens (tertiary/aromatic N) is 1. The van der Waals surface area contributed by atoms with Gasteiger partial charge in [0.15, 0.2) is 5.78 Å². The Morgan fingerprint density at radius 3 is 3.00 bits per heavy atom. The van der Waals surface area contributed by atoms with E-state index >= 15 is 0 Å². The van der Waals surface area contributed by atoms with Gasteiger partial charge in [-0.2, -0.15) is 0 Å². The van der Waals surface area contributed by atoms with E-state index in [0.717, 1.165) is 5.56 Å². The van der Waals surface area contributed by atoms with E-state index in [1.54, 1.807) is 18.5 Å². The van der Waals surface area contributed by atoms with Gasteiger partial charge in [0.05, 0.1) is 11.5 Å². The maximum absolute atomic E-state index is 13.2. The lowest BCUT2D eigenvalue weighted by Crippen LogP contribution is -2.26. The predicted molar refractivity (Wildman–Crippen MR) is 63.2 cm³/mol. The van der Waals surface area contributed by atoms with Gasteiger partial charge in [0.2, 0.25) is 0 Å². The molecule has 0 amide bonds. The second-order valence-corrected chi connectivity index (χ2v) is 4.15. The number of ketones is 1. The summed E-state index contributed by atoms with van der Waals surface area (Å²) >= 11 is 0. The smallest absolute Gasteiger partial charge is 0.177 e. The molecule has 0 unspecified atom stereocenters. The van der Waals surface area contributed by atoms with Gasteiger partial charge in [0, 0.05) is 12.4 Å². The van der Waals surface area contributed by atoms with Crippen LogP contribution in [0, 0.1) is 5.82 Å². The van der Waals surface area contributed by atoms with Gasteiger partial charge in [-0.05, 0) is 29.8 Å². The fourth-order valence-corrected chi connectivity index (χ4v) is 2.09. The predicted octanol–water partition coefficient (Wildman–Crippen LogP) is 2.58. The Morgan fingerprint density at radius 1 is 1.33 bits per heavy atom. The molecular weight excluding hydrogens is 233 g/mol. The number of benzene rings is 1. The van der Waals surface area contributed by atoms with E-state index in [9.17, 15) is 9.18 Å². The number of ether oxygens (including phenoxy) is 1. The lowest BCUT2D eigenvalue weighted by molar-refractivity contribution is 0.0895. The van der Waals surface area contributed by atoms with Crippen LogP contribution >= 0.6 is 0 Å². The maximum atomic E-state index is 13.2. The van der Waals surface area contributed by atoms with Crippen LogP contribution in [0.4, 0.5) is 4.39 Å². The molecule has 0 radical (unpaired) electrons. The number of rotatable bonds is 1. The first-order valence-electron chi connectivity index (χ1n) is 5.62. The highest BCUT2D eigenvalue weighted by molar-refractivity contribution is 6.04. The van der Waals surface area contributed by atoms with Gasteiger partial charge in [-0.25, -0.2) is 4.39 Å². The van der Waals surface area contributed by atoms with Crippen LogP contribution in [-0.4, -0.2) is 17.4 Å². The molecule has 2 heterocycles. The van der Waals surface area contributed by atoms with Crippen molar-refractivity contribution < 1.29 is 13.9 Å². The van der Waals surface area contributed by atoms with Crippen molar-refractivity contribution in [2.75, 3.05) is 6.61 Å². The van der Waals surface area contributed by atoms with Crippen LogP contribution in [0.25, 0.3) is 0 Å². The number of pyridine rings is 1. The van der Waals surface area contributed by atoms with Gasteiger partial charge in [-0.1, -0.05) is 6.07 Å². The Kier molecular flexibility index (Phi) is 2.55. The molecule has 0 spiro atoms. The highest BCUT2D eigenvalue weighted by atomic mass is 19.1. The molecule has 90 valence electrons. The third kappa shape index (κ3) is 1.76. The SMILES string of the molecule is O=C1c2cc(F)ccc2OC[C@@H]1c1cccnc1. The molecule has 0 saturated heterocycles. The molecule has 0 aliphatic carbocycles. The van der Waals surface area contributed by atoms with Crippen molar-refractivity contribution in [3.8, 4) is 5.75 Å². The van der Waals surface area contributed by atoms with Crippen molar-refractivity contribution in [2.45, 2.75) is 5.92 Å². The normalized spacial score (nSPS) is 18.1. The van der Waals surface area contributed by atoms with E-state index < -0.39 is 11.7 Å². The van der Waals surface area contributed by atoms with Gasteiger partial charge >= 0.3 is 0 Å². The zero-order valence-corrected chi connectivity index (χ0v) is 9.47. The molecule has 2 aromatic rings. The summed E-state index contributed by atoms with van der Waals surface area (Å²) in [6, 6.07) is 7.59. The summed E-state index contributed by atoms with van der Waals surface area (Å²) in [6.07, 6.45) is 3.28. The number of aromatic nitrogens is 1. The van der Waals surface area contributed by atoms with Crippen molar-refractivity contribution in [1.29, 1.82) is 0 Å². The minimum atomic E-state index is -0.433. The van der Waals surface area contributed by atoms with Crippen LogP contribution in [0.15, 0.2) is 42.7 Å². The summed E-state index contributed by atoms with van der Waals surface area (Å²) < 4.78 is 18.7. The number of carbonyl (C=O) groups excluding carboxylic acids is 1. The molecule has 3 nitrogen and oxygen atoms in total. The Labute approximate surface area is 103 Å². The lowest BCUT2D eigenvalue weighted by Gasteiger charge is -2.24. The number of carbonyl (C=O) groups is 1. The fourth-order valence-electron chi connectivity index (χ4n) is 2.09. The Morgan fingerprint density at radius 2 is 2.22 bits per heavy atom. The summed E-state index contributed by atoms with van der Waals surface area (Å²) in [7, 11) is 0. The minimum absolute atomic E-state index is 0.122. The Balaban J connectivity index is 2.02. The van der Waals surface area contributed by atoms with E-state index in [2.05, 4.69) is 4.98 Å². The summed E-state index contributed by atoms with van der Waals surface area (Å²) in [4.78, 5) is 16.3.